The van der Waals surface area contributed by atoms with Crippen molar-refractivity contribution < 1.29 is 0 Å². The standard InChI is InChI=1S/C14H19N3S/c1-2-11(14-15-7-8-16-14)17-13(10-5-6-10)12-4-3-9-18-12/h3-4,7-11,13,17H,2,5-6H2,1H3,(H,15,16). The maximum Gasteiger partial charge on any atom is 0.123 e. The molecule has 2 heterocycles. The van der Waals surface area contributed by atoms with Crippen molar-refractivity contribution in [3.8, 4) is 0 Å². The molecule has 2 aromatic rings. The highest BCUT2D eigenvalue weighted by Crippen LogP contribution is 2.43. The van der Waals surface area contributed by atoms with Crippen LogP contribution in [0.15, 0.2) is 29.9 Å². The van der Waals surface area contributed by atoms with Gasteiger partial charge in [0.2, 0.25) is 0 Å². The van der Waals surface area contributed by atoms with Crippen LogP contribution in [0.1, 0.15) is 49.0 Å². The van der Waals surface area contributed by atoms with Crippen LogP contribution in [0.5, 0.6) is 0 Å². The second kappa shape index (κ2) is 5.24. The molecule has 96 valence electrons. The lowest BCUT2D eigenvalue weighted by molar-refractivity contribution is 0.396. The number of aromatic amines is 1. The molecule has 0 spiro atoms. The Labute approximate surface area is 112 Å². The zero-order valence-electron chi connectivity index (χ0n) is 10.6. The molecule has 1 aliphatic rings. The van der Waals surface area contributed by atoms with Gasteiger partial charge in [-0.25, -0.2) is 4.98 Å². The average molecular weight is 261 g/mol. The van der Waals surface area contributed by atoms with Crippen LogP contribution in [0, 0.1) is 5.92 Å². The second-order valence-electron chi connectivity index (χ2n) is 4.93. The summed E-state index contributed by atoms with van der Waals surface area (Å²) in [4.78, 5) is 9.08. The molecule has 3 nitrogen and oxygen atoms in total. The van der Waals surface area contributed by atoms with E-state index in [2.05, 4.69) is 39.7 Å². The van der Waals surface area contributed by atoms with Crippen molar-refractivity contribution in [1.82, 2.24) is 15.3 Å². The highest BCUT2D eigenvalue weighted by molar-refractivity contribution is 7.10. The van der Waals surface area contributed by atoms with E-state index in [1.54, 1.807) is 0 Å². The maximum atomic E-state index is 4.39. The first-order chi connectivity index (χ1) is 8.88. The predicted octanol–water partition coefficient (Wildman–Crippen LogP) is 3.66. The predicted molar refractivity (Wildman–Crippen MR) is 74.5 cm³/mol. The molecule has 0 aliphatic heterocycles. The van der Waals surface area contributed by atoms with E-state index < -0.39 is 0 Å². The van der Waals surface area contributed by atoms with E-state index in [0.29, 0.717) is 12.1 Å². The molecule has 18 heavy (non-hydrogen) atoms. The average Bonchev–Trinajstić information content (AvgIpc) is 2.89. The van der Waals surface area contributed by atoms with E-state index in [9.17, 15) is 0 Å². The van der Waals surface area contributed by atoms with Gasteiger partial charge in [0.25, 0.3) is 0 Å². The third kappa shape index (κ3) is 2.49. The Bertz CT molecular complexity index is 459. The zero-order valence-corrected chi connectivity index (χ0v) is 11.4. The second-order valence-corrected chi connectivity index (χ2v) is 5.91. The van der Waals surface area contributed by atoms with Crippen molar-refractivity contribution >= 4 is 11.3 Å². The number of thiophene rings is 1. The minimum atomic E-state index is 0.327. The highest BCUT2D eigenvalue weighted by atomic mass is 32.1. The SMILES string of the molecule is CCC(NC(c1cccs1)C1CC1)c1ncc[nH]1. The van der Waals surface area contributed by atoms with Crippen molar-refractivity contribution in [1.29, 1.82) is 0 Å². The summed E-state index contributed by atoms with van der Waals surface area (Å²) in [6, 6.07) is 5.22. The molecule has 1 saturated carbocycles. The summed E-state index contributed by atoms with van der Waals surface area (Å²) in [6.45, 7) is 2.21. The van der Waals surface area contributed by atoms with Crippen LogP contribution in [0.4, 0.5) is 0 Å². The Morgan fingerprint density at radius 1 is 1.56 bits per heavy atom. The minimum Gasteiger partial charge on any atom is -0.347 e. The van der Waals surface area contributed by atoms with Gasteiger partial charge in [0, 0.05) is 23.3 Å². The highest BCUT2D eigenvalue weighted by Gasteiger charge is 2.34. The molecule has 4 heteroatoms. The molecule has 2 N–H and O–H groups in total. The zero-order chi connectivity index (χ0) is 12.4. The lowest BCUT2D eigenvalue weighted by Crippen LogP contribution is -2.27. The van der Waals surface area contributed by atoms with Gasteiger partial charge in [-0.2, -0.15) is 0 Å². The van der Waals surface area contributed by atoms with E-state index in [4.69, 9.17) is 0 Å². The van der Waals surface area contributed by atoms with Gasteiger partial charge in [0.1, 0.15) is 5.82 Å². The summed E-state index contributed by atoms with van der Waals surface area (Å²) < 4.78 is 0. The number of hydrogen-bond acceptors (Lipinski definition) is 3. The van der Waals surface area contributed by atoms with Crippen molar-refractivity contribution in [3.05, 3.63) is 40.6 Å². The topological polar surface area (TPSA) is 40.7 Å². The van der Waals surface area contributed by atoms with Gasteiger partial charge in [-0.15, -0.1) is 11.3 Å². The normalized spacial score (nSPS) is 18.7. The van der Waals surface area contributed by atoms with E-state index in [1.165, 1.54) is 17.7 Å². The molecule has 0 aromatic carbocycles. The number of rotatable bonds is 6. The first-order valence-corrected chi connectivity index (χ1v) is 7.55. The van der Waals surface area contributed by atoms with E-state index in [0.717, 1.165) is 18.2 Å². The third-order valence-corrected chi connectivity index (χ3v) is 4.54. The smallest absolute Gasteiger partial charge is 0.123 e. The molecule has 0 radical (unpaired) electrons. The largest absolute Gasteiger partial charge is 0.347 e. The Morgan fingerprint density at radius 3 is 3.00 bits per heavy atom. The summed E-state index contributed by atoms with van der Waals surface area (Å²) >= 11 is 1.86. The van der Waals surface area contributed by atoms with Crippen molar-refractivity contribution in [2.75, 3.05) is 0 Å². The number of nitrogens with one attached hydrogen (secondary N) is 2. The van der Waals surface area contributed by atoms with Crippen molar-refractivity contribution in [2.24, 2.45) is 5.92 Å². The molecular formula is C14H19N3S. The van der Waals surface area contributed by atoms with Crippen molar-refractivity contribution in [2.45, 2.75) is 38.3 Å². The van der Waals surface area contributed by atoms with E-state index in [-0.39, 0.29) is 0 Å². The van der Waals surface area contributed by atoms with Gasteiger partial charge >= 0.3 is 0 Å². The molecule has 0 saturated heterocycles. The van der Waals surface area contributed by atoms with Gasteiger partial charge in [0.05, 0.1) is 6.04 Å². The lowest BCUT2D eigenvalue weighted by atomic mass is 10.1. The molecule has 3 rings (SSSR count). The summed E-state index contributed by atoms with van der Waals surface area (Å²) in [7, 11) is 0. The van der Waals surface area contributed by atoms with Gasteiger partial charge in [-0.1, -0.05) is 13.0 Å². The molecule has 2 unspecified atom stereocenters. The van der Waals surface area contributed by atoms with E-state index in [1.807, 2.05) is 23.7 Å². The van der Waals surface area contributed by atoms with Crippen LogP contribution in [0.25, 0.3) is 0 Å². The molecule has 2 atom stereocenters. The third-order valence-electron chi connectivity index (χ3n) is 3.58. The Morgan fingerprint density at radius 2 is 2.44 bits per heavy atom. The van der Waals surface area contributed by atoms with Crippen LogP contribution < -0.4 is 5.32 Å². The van der Waals surface area contributed by atoms with Crippen LogP contribution in [-0.4, -0.2) is 9.97 Å². The summed E-state index contributed by atoms with van der Waals surface area (Å²) in [5, 5.41) is 5.95. The summed E-state index contributed by atoms with van der Waals surface area (Å²) in [5.41, 5.74) is 0. The molecular weight excluding hydrogens is 242 g/mol. The monoisotopic (exact) mass is 261 g/mol. The first-order valence-electron chi connectivity index (χ1n) is 6.67. The fourth-order valence-corrected chi connectivity index (χ4v) is 3.30. The summed E-state index contributed by atoms with van der Waals surface area (Å²) in [5.74, 6) is 1.87. The van der Waals surface area contributed by atoms with Gasteiger partial charge in [0.15, 0.2) is 0 Å². The van der Waals surface area contributed by atoms with Gasteiger partial charge in [-0.05, 0) is 36.6 Å². The Kier molecular flexibility index (Phi) is 3.48. The van der Waals surface area contributed by atoms with Crippen LogP contribution >= 0.6 is 11.3 Å². The van der Waals surface area contributed by atoms with Gasteiger partial charge in [-0.3, -0.25) is 5.32 Å². The number of aromatic nitrogens is 2. The van der Waals surface area contributed by atoms with Crippen LogP contribution in [-0.2, 0) is 0 Å². The molecule has 0 amide bonds. The number of nitrogens with zero attached hydrogens (tertiary/aromatic N) is 1. The van der Waals surface area contributed by atoms with Crippen LogP contribution in [0.3, 0.4) is 0 Å². The lowest BCUT2D eigenvalue weighted by Gasteiger charge is -2.23. The fraction of sp³-hybridized carbons (Fsp3) is 0.500. The molecule has 1 aliphatic carbocycles. The maximum absolute atomic E-state index is 4.39. The number of imidazole rings is 1. The van der Waals surface area contributed by atoms with Crippen molar-refractivity contribution in [3.63, 3.8) is 0 Å². The minimum absolute atomic E-state index is 0.327. The van der Waals surface area contributed by atoms with Crippen LogP contribution in [0.2, 0.25) is 0 Å². The Hall–Kier alpha value is -1.13. The van der Waals surface area contributed by atoms with Gasteiger partial charge < -0.3 is 4.98 Å². The first kappa shape index (κ1) is 11.9. The number of H-pyrrole nitrogens is 1. The molecule has 2 aromatic heterocycles. The van der Waals surface area contributed by atoms with E-state index >= 15 is 0 Å². The fourth-order valence-electron chi connectivity index (χ4n) is 2.42. The molecule has 0 bridgehead atoms. The number of hydrogen-bond donors (Lipinski definition) is 2. The quantitative estimate of drug-likeness (QED) is 0.833. The summed E-state index contributed by atoms with van der Waals surface area (Å²) in [6.07, 6.45) is 7.49. The Balaban J connectivity index is 1.76. The molecule has 1 fully saturated rings.